The molecular weight excluding hydrogens is 1680 g/mol. The second-order valence-electron chi connectivity index (χ2n) is 17.8. The van der Waals surface area contributed by atoms with Crippen LogP contribution in [0.4, 0.5) is 0 Å². The Kier molecular flexibility index (Phi) is 25.7. The summed E-state index contributed by atoms with van der Waals surface area (Å²) < 4.78 is 41.3. The van der Waals surface area contributed by atoms with E-state index in [0.29, 0.717) is 33.4 Å². The Labute approximate surface area is 529 Å². The van der Waals surface area contributed by atoms with Gasteiger partial charge >= 0.3 is 535 Å². The zero-order chi connectivity index (χ0) is 61.9. The summed E-state index contributed by atoms with van der Waals surface area (Å²) in [6, 6.07) is 51.2. The van der Waals surface area contributed by atoms with Crippen LogP contribution in [0.5, 0.6) is 0 Å². The molecule has 0 N–H and O–H groups in total. The van der Waals surface area contributed by atoms with Gasteiger partial charge in [0, 0.05) is 0 Å². The van der Waals surface area contributed by atoms with Crippen LogP contribution in [0.15, 0.2) is 314 Å². The summed E-state index contributed by atoms with van der Waals surface area (Å²) >= 11 is -11.2. The van der Waals surface area contributed by atoms with Crippen LogP contribution in [0.1, 0.15) is 62.1 Å². The van der Waals surface area contributed by atoms with Crippen molar-refractivity contribution in [1.82, 2.24) is 0 Å². The molecule has 0 heterocycles. The van der Waals surface area contributed by atoms with Gasteiger partial charge in [0.25, 0.3) is 0 Å². The predicted molar refractivity (Wildman–Crippen MR) is 348 cm³/mol. The van der Waals surface area contributed by atoms with Gasteiger partial charge in [-0.05, 0) is 0 Å². The van der Waals surface area contributed by atoms with E-state index in [2.05, 4.69) is 57.7 Å². The van der Waals surface area contributed by atoms with Gasteiger partial charge in [-0.1, -0.05) is 0 Å². The fraction of sp³-hybridized carbons (Fsp3) is 0. The van der Waals surface area contributed by atoms with Crippen LogP contribution in [0.25, 0.3) is 0 Å². The van der Waals surface area contributed by atoms with Gasteiger partial charge in [-0.3, -0.25) is 0 Å². The fourth-order valence-corrected chi connectivity index (χ4v) is 40.3. The number of carbonyl (C=O) groups excluding carboxylic acids is 6. The zero-order valence-corrected chi connectivity index (χ0v) is 57.4. The number of ether oxygens (including phenoxy) is 6. The Morgan fingerprint density at radius 2 is 0.368 bits per heavy atom. The summed E-state index contributed by atoms with van der Waals surface area (Å²) in [5.74, 6) is -3.35. The summed E-state index contributed by atoms with van der Waals surface area (Å²) in [4.78, 5) is 79.9. The first-order chi connectivity index (χ1) is 42.4. The number of carbonyl (C=O) groups is 6. The molecule has 0 radical (unpaired) electrons. The first-order valence-corrected chi connectivity index (χ1v) is 42.1. The van der Waals surface area contributed by atoms with E-state index in [1.54, 1.807) is 72.8 Å². The van der Waals surface area contributed by atoms with Crippen molar-refractivity contribution in [1.29, 1.82) is 0 Å². The van der Waals surface area contributed by atoms with E-state index in [1.807, 2.05) is 72.8 Å². The molecule has 87 heavy (non-hydrogen) atoms. The monoisotopic (exact) mass is 1740 g/mol. The molecule has 432 valence electrons. The molecule has 15 heteroatoms. The van der Waals surface area contributed by atoms with Crippen molar-refractivity contribution in [2.45, 2.75) is 0 Å². The molecule has 0 amide bonds. The third-order valence-electron chi connectivity index (χ3n) is 12.2. The summed E-state index contributed by atoms with van der Waals surface area (Å²) in [6.45, 7) is 21.9. The molecule has 0 atom stereocenters. The van der Waals surface area contributed by atoms with Crippen molar-refractivity contribution < 1.29 is 57.2 Å². The molecule has 0 spiro atoms. The van der Waals surface area contributed by atoms with Gasteiger partial charge in [-0.25, -0.2) is 0 Å². The number of allylic oxidation sites excluding steroid dienone is 12. The van der Waals surface area contributed by atoms with E-state index in [1.165, 1.54) is 110 Å². The zero-order valence-electron chi connectivity index (χ0n) is 47.0. The Balaban J connectivity index is 1.55. The van der Waals surface area contributed by atoms with Crippen molar-refractivity contribution >= 4 is 131 Å². The molecule has 0 saturated heterocycles. The Morgan fingerprint density at radius 3 is 0.494 bits per heavy atom. The van der Waals surface area contributed by atoms with Gasteiger partial charge in [0.1, 0.15) is 0 Å². The first-order valence-electron chi connectivity index (χ1n) is 26.5. The van der Waals surface area contributed by atoms with Gasteiger partial charge in [-0.2, -0.15) is 0 Å². The third kappa shape index (κ3) is 18.4. The van der Waals surface area contributed by atoms with Gasteiger partial charge < -0.3 is 0 Å². The molecule has 0 bridgehead atoms. The fourth-order valence-electron chi connectivity index (χ4n) is 8.14. The summed E-state index contributed by atoms with van der Waals surface area (Å²) in [5.41, 5.74) is 1.94. The van der Waals surface area contributed by atoms with Crippen molar-refractivity contribution in [3.8, 4) is 0 Å². The Hall–Kier alpha value is -9.11. The standard InChI is InChI=1S/6C11H9O2.C6H3.3Bi/c6*1-2-3-9-13-11(12)10-7-5-4-6-8-10;1-2-4-6-5-3-1;;;/h6*2-3,5-9H,1H2;1,4-5H;;;. The molecular formula is C72H57Bi3O12. The maximum absolute atomic E-state index is 13.3. The van der Waals surface area contributed by atoms with Gasteiger partial charge in [0.2, 0.25) is 0 Å². The number of hydrogen-bond donors (Lipinski definition) is 0. The van der Waals surface area contributed by atoms with Crippen molar-refractivity contribution in [2.75, 3.05) is 0 Å². The quantitative estimate of drug-likeness (QED) is 0.0160. The molecule has 7 rings (SSSR count). The molecule has 12 nitrogen and oxygen atoms in total. The minimum atomic E-state index is -3.72. The number of rotatable bonds is 27. The van der Waals surface area contributed by atoms with Crippen LogP contribution in [-0.4, -0.2) is 101 Å². The minimum absolute atomic E-state index is 0.324. The van der Waals surface area contributed by atoms with Crippen molar-refractivity contribution in [2.24, 2.45) is 0 Å². The van der Waals surface area contributed by atoms with E-state index in [-0.39, 0.29) is 0 Å². The van der Waals surface area contributed by atoms with Gasteiger partial charge in [-0.15, -0.1) is 0 Å². The van der Waals surface area contributed by atoms with E-state index in [0.717, 1.165) is 29.4 Å². The number of hydrogen-bond acceptors (Lipinski definition) is 12. The molecule has 0 aliphatic carbocycles. The second kappa shape index (κ2) is 34.1. The summed E-state index contributed by atoms with van der Waals surface area (Å²) in [6.07, 6.45) is 25.7. The van der Waals surface area contributed by atoms with Crippen LogP contribution < -0.4 is 29.4 Å². The Bertz CT molecular complexity index is 3210. The van der Waals surface area contributed by atoms with E-state index < -0.39 is 101 Å². The van der Waals surface area contributed by atoms with Crippen molar-refractivity contribution in [3.63, 3.8) is 0 Å². The SMILES string of the molecule is C=CC=COC(=O)c1cc[c]([Bi]([c]2ccc(C(=O)OC=CC=C)cc2)[c]2c[c]([Bi]([c]3ccc(C(=O)OC=CC=C)cc3)[c]3ccc(C(=O)OC=CC=C)cc3)c[c]([Bi]([c]3ccc(C(=O)OC=CC=C)cc3)[c]3ccc(C(=O)OC=CC=C)cc3)c2)cc1. The summed E-state index contributed by atoms with van der Waals surface area (Å²) in [5, 5.41) is 0. The number of esters is 6. The van der Waals surface area contributed by atoms with Gasteiger partial charge in [0.05, 0.1) is 0 Å². The van der Waals surface area contributed by atoms with Crippen LogP contribution >= 0.6 is 0 Å². The average molecular weight is 1740 g/mol. The van der Waals surface area contributed by atoms with E-state index in [9.17, 15) is 28.8 Å². The normalized spacial score (nSPS) is 11.3. The molecule has 0 aliphatic rings. The number of benzene rings is 7. The molecule has 7 aromatic carbocycles. The van der Waals surface area contributed by atoms with E-state index in [4.69, 9.17) is 28.4 Å². The van der Waals surface area contributed by atoms with Crippen LogP contribution in [0.2, 0.25) is 0 Å². The summed E-state index contributed by atoms with van der Waals surface area (Å²) in [7, 11) is 0. The van der Waals surface area contributed by atoms with Crippen LogP contribution in [-0.2, 0) is 28.4 Å². The van der Waals surface area contributed by atoms with Crippen molar-refractivity contribution in [3.05, 3.63) is 347 Å². The molecule has 0 aromatic heterocycles. The average Bonchev–Trinajstić information content (AvgIpc) is 1.27. The molecule has 7 aromatic rings. The third-order valence-corrected chi connectivity index (χ3v) is 40.2. The van der Waals surface area contributed by atoms with E-state index >= 15 is 0 Å². The predicted octanol–water partition coefficient (Wildman–Crippen LogP) is 8.37. The maximum atomic E-state index is 13.3. The molecule has 0 saturated carbocycles. The Morgan fingerprint density at radius 1 is 0.230 bits per heavy atom. The second-order valence-corrected chi connectivity index (χ2v) is 43.7. The van der Waals surface area contributed by atoms with Crippen LogP contribution in [0, 0.1) is 0 Å². The van der Waals surface area contributed by atoms with Gasteiger partial charge in [0.15, 0.2) is 0 Å². The van der Waals surface area contributed by atoms with Crippen LogP contribution in [0.3, 0.4) is 0 Å². The topological polar surface area (TPSA) is 158 Å². The molecule has 0 unspecified atom stereocenters. The molecule has 0 aliphatic heterocycles. The molecule has 0 fully saturated rings. The first kappa shape index (κ1) is 65.4.